The zero-order chi connectivity index (χ0) is 21.9. The minimum absolute atomic E-state index is 0.0507. The first-order valence-corrected chi connectivity index (χ1v) is 9.02. The van der Waals surface area contributed by atoms with Crippen LogP contribution >= 0.6 is 0 Å². The highest BCUT2D eigenvalue weighted by Gasteiger charge is 2.52. The van der Waals surface area contributed by atoms with Crippen molar-refractivity contribution in [1.29, 1.82) is 0 Å². The van der Waals surface area contributed by atoms with Crippen LogP contribution < -0.4 is 0 Å². The Morgan fingerprint density at radius 1 is 1.28 bits per heavy atom. The molecule has 2 rings (SSSR count). The van der Waals surface area contributed by atoms with Crippen LogP contribution in [0.5, 0.6) is 0 Å². The Balaban J connectivity index is 2.67. The summed E-state index contributed by atoms with van der Waals surface area (Å²) in [5.74, 6) is -3.42. The van der Waals surface area contributed by atoms with Gasteiger partial charge in [-0.3, -0.25) is 9.59 Å². The van der Waals surface area contributed by atoms with Crippen LogP contribution in [0.25, 0.3) is 0 Å². The van der Waals surface area contributed by atoms with Gasteiger partial charge in [0.2, 0.25) is 0 Å². The van der Waals surface area contributed by atoms with Gasteiger partial charge in [-0.1, -0.05) is 25.8 Å². The molecule has 0 aromatic rings. The molecule has 29 heavy (non-hydrogen) atoms. The lowest BCUT2D eigenvalue weighted by Gasteiger charge is -2.35. The highest BCUT2D eigenvalue weighted by molar-refractivity contribution is 5.92. The molecule has 1 unspecified atom stereocenters. The quantitative estimate of drug-likeness (QED) is 0.245. The third-order valence-corrected chi connectivity index (χ3v) is 4.84. The van der Waals surface area contributed by atoms with E-state index in [9.17, 15) is 24.3 Å². The zero-order valence-electron chi connectivity index (χ0n) is 16.4. The van der Waals surface area contributed by atoms with Crippen LogP contribution in [0.15, 0.2) is 48.1 Å². The molecule has 1 saturated heterocycles. The highest BCUT2D eigenvalue weighted by atomic mass is 16.6. The van der Waals surface area contributed by atoms with Crippen LogP contribution in [0.4, 0.5) is 0 Å². The van der Waals surface area contributed by atoms with Gasteiger partial charge in [-0.25, -0.2) is 9.59 Å². The minimum Gasteiger partial charge on any atom is -0.455 e. The topological polar surface area (TPSA) is 116 Å². The van der Waals surface area contributed by atoms with Gasteiger partial charge in [0.25, 0.3) is 0 Å². The molecule has 1 aliphatic carbocycles. The second-order valence-corrected chi connectivity index (χ2v) is 7.06. The van der Waals surface area contributed by atoms with Crippen molar-refractivity contribution in [2.75, 3.05) is 0 Å². The molecule has 8 nitrogen and oxygen atoms in total. The second kappa shape index (κ2) is 9.00. The Hall–Kier alpha value is -3.00. The summed E-state index contributed by atoms with van der Waals surface area (Å²) in [6, 6.07) is 0. The maximum Gasteiger partial charge on any atom is 0.334 e. The third kappa shape index (κ3) is 4.71. The van der Waals surface area contributed by atoms with E-state index in [0.29, 0.717) is 24.7 Å². The molecule has 1 N–H and O–H groups in total. The summed E-state index contributed by atoms with van der Waals surface area (Å²) in [5.41, 5.74) is 0.400. The van der Waals surface area contributed by atoms with Crippen LogP contribution in [0, 0.1) is 5.92 Å². The fourth-order valence-electron chi connectivity index (χ4n) is 3.34. The number of carbonyl (C=O) groups excluding carboxylic acids is 4. The Kier molecular flexibility index (Phi) is 6.92. The summed E-state index contributed by atoms with van der Waals surface area (Å²) >= 11 is 0. The largest absolute Gasteiger partial charge is 0.455 e. The average Bonchev–Trinajstić information content (AvgIpc) is 2.94. The van der Waals surface area contributed by atoms with Gasteiger partial charge in [0.05, 0.1) is 5.92 Å². The van der Waals surface area contributed by atoms with Crippen molar-refractivity contribution in [3.63, 3.8) is 0 Å². The molecular weight excluding hydrogens is 380 g/mol. The summed E-state index contributed by atoms with van der Waals surface area (Å²) in [7, 11) is 0. The summed E-state index contributed by atoms with van der Waals surface area (Å²) in [6.07, 6.45) is -2.52. The van der Waals surface area contributed by atoms with Crippen molar-refractivity contribution < 1.29 is 38.5 Å². The highest BCUT2D eigenvalue weighted by Crippen LogP contribution is 2.39. The van der Waals surface area contributed by atoms with Gasteiger partial charge >= 0.3 is 17.9 Å². The fraction of sp³-hybridized carbons (Fsp3) is 0.429. The molecular formula is C21H24O8. The molecule has 0 bridgehead atoms. The predicted molar refractivity (Wildman–Crippen MR) is 101 cm³/mol. The smallest absolute Gasteiger partial charge is 0.334 e. The first-order chi connectivity index (χ1) is 13.6. The molecule has 2 aliphatic rings. The molecule has 5 atom stereocenters. The van der Waals surface area contributed by atoms with E-state index in [1.807, 2.05) is 0 Å². The first-order valence-electron chi connectivity index (χ1n) is 9.02. The summed E-state index contributed by atoms with van der Waals surface area (Å²) in [6.45, 7) is 13.6. The van der Waals surface area contributed by atoms with Crippen LogP contribution in [0.3, 0.4) is 0 Å². The lowest BCUT2D eigenvalue weighted by Crippen LogP contribution is -2.48. The van der Waals surface area contributed by atoms with Crippen molar-refractivity contribution in [1.82, 2.24) is 0 Å². The molecule has 0 saturated carbocycles. The summed E-state index contributed by atoms with van der Waals surface area (Å²) < 4.78 is 16.1. The SMILES string of the molecule is C=C(C)C(=O)O[C@@H]1C(OC(C)=O)/C(C=O)=C\CCC(=C)[C@H](O)[C@H]2OC(=O)C(=C)[C@@H]21. The number of rotatable bonds is 4. The number of hydrogen-bond acceptors (Lipinski definition) is 8. The zero-order valence-corrected chi connectivity index (χ0v) is 16.4. The van der Waals surface area contributed by atoms with Crippen molar-refractivity contribution in [2.24, 2.45) is 5.92 Å². The van der Waals surface area contributed by atoms with Gasteiger partial charge in [-0.2, -0.15) is 0 Å². The number of aliphatic hydroxyl groups is 1. The number of allylic oxidation sites excluding steroid dienone is 1. The van der Waals surface area contributed by atoms with Gasteiger partial charge < -0.3 is 19.3 Å². The number of esters is 3. The van der Waals surface area contributed by atoms with Crippen LogP contribution in [0.1, 0.15) is 26.7 Å². The number of carbonyl (C=O) groups is 4. The normalized spacial score (nSPS) is 31.6. The lowest BCUT2D eigenvalue weighted by molar-refractivity contribution is -0.168. The van der Waals surface area contributed by atoms with Gasteiger partial charge in [-0.05, 0) is 25.3 Å². The van der Waals surface area contributed by atoms with Gasteiger partial charge in [0.15, 0.2) is 12.2 Å². The average molecular weight is 404 g/mol. The van der Waals surface area contributed by atoms with Crippen molar-refractivity contribution in [3.8, 4) is 0 Å². The van der Waals surface area contributed by atoms with E-state index in [4.69, 9.17) is 14.2 Å². The molecule has 0 aromatic heterocycles. The number of fused-ring (bicyclic) bond motifs is 1. The molecule has 1 heterocycles. The molecule has 0 aromatic carbocycles. The van der Waals surface area contributed by atoms with E-state index in [1.54, 1.807) is 0 Å². The van der Waals surface area contributed by atoms with Crippen LogP contribution in [-0.4, -0.2) is 53.7 Å². The van der Waals surface area contributed by atoms with E-state index >= 15 is 0 Å². The Labute approximate surface area is 168 Å². The van der Waals surface area contributed by atoms with Crippen LogP contribution in [0.2, 0.25) is 0 Å². The molecule has 0 amide bonds. The Morgan fingerprint density at radius 3 is 2.48 bits per heavy atom. The fourth-order valence-corrected chi connectivity index (χ4v) is 3.34. The van der Waals surface area contributed by atoms with E-state index in [1.165, 1.54) is 13.0 Å². The Bertz CT molecular complexity index is 805. The number of ether oxygens (including phenoxy) is 3. The minimum atomic E-state index is -1.36. The van der Waals surface area contributed by atoms with Gasteiger partial charge in [0.1, 0.15) is 18.5 Å². The maximum atomic E-state index is 12.3. The molecule has 1 fully saturated rings. The third-order valence-electron chi connectivity index (χ3n) is 4.84. The molecule has 0 radical (unpaired) electrons. The van der Waals surface area contributed by atoms with Crippen LogP contribution in [-0.2, 0) is 33.4 Å². The summed E-state index contributed by atoms with van der Waals surface area (Å²) in [5, 5.41) is 10.7. The van der Waals surface area contributed by atoms with E-state index < -0.39 is 48.2 Å². The van der Waals surface area contributed by atoms with Crippen molar-refractivity contribution >= 4 is 24.2 Å². The lowest BCUT2D eigenvalue weighted by atomic mass is 9.80. The number of aldehydes is 1. The predicted octanol–water partition coefficient (Wildman–Crippen LogP) is 1.34. The molecule has 1 aliphatic heterocycles. The maximum absolute atomic E-state index is 12.3. The standard InChI is InChI=1S/C21H24O8/c1-10(2)20(25)29-19-15-12(4)21(26)28-18(15)16(24)11(3)7-6-8-14(9-22)17(19)27-13(5)23/h8-9,15-19,24H,1,3-4,6-7H2,2,5H3/b14-8-/t15-,16-,17?,18-,19-/m0/s1. The molecule has 8 heteroatoms. The number of aliphatic hydroxyl groups excluding tert-OH is 1. The van der Waals surface area contributed by atoms with Gasteiger partial charge in [-0.15, -0.1) is 0 Å². The summed E-state index contributed by atoms with van der Waals surface area (Å²) in [4.78, 5) is 48.0. The first kappa shape index (κ1) is 22.3. The Morgan fingerprint density at radius 2 is 1.93 bits per heavy atom. The van der Waals surface area contributed by atoms with Crippen molar-refractivity contribution in [2.45, 2.75) is 51.1 Å². The molecule has 0 spiro atoms. The molecule has 156 valence electrons. The van der Waals surface area contributed by atoms with Crippen molar-refractivity contribution in [3.05, 3.63) is 48.1 Å². The van der Waals surface area contributed by atoms with E-state index in [-0.39, 0.29) is 16.7 Å². The second-order valence-electron chi connectivity index (χ2n) is 7.06. The van der Waals surface area contributed by atoms with E-state index in [2.05, 4.69) is 19.7 Å². The number of hydrogen-bond donors (Lipinski definition) is 1. The monoisotopic (exact) mass is 404 g/mol. The van der Waals surface area contributed by atoms with E-state index in [0.717, 1.165) is 6.92 Å². The van der Waals surface area contributed by atoms with Gasteiger partial charge in [0, 0.05) is 23.6 Å².